The standard InChI is InChI=1S/C27H26N4O2/c1-17-25(18(2)33-30-17)22-16-24-26(29-23(22)15-19-10-13-32-14-11-19)21-9-6-12-28-27(21)31(24)20-7-4-3-5-8-20/h3-9,12,16,19H,10-11,13-15H2,1-2H3. The fraction of sp³-hybridized carbons (Fsp3) is 0.296. The van der Waals surface area contributed by atoms with E-state index in [4.69, 9.17) is 19.2 Å². The molecule has 6 heteroatoms. The van der Waals surface area contributed by atoms with Crippen LogP contribution in [0.25, 0.3) is 38.9 Å². The molecule has 1 aliphatic rings. The third kappa shape index (κ3) is 3.42. The predicted molar refractivity (Wildman–Crippen MR) is 129 cm³/mol. The minimum absolute atomic E-state index is 0.559. The van der Waals surface area contributed by atoms with Crippen molar-refractivity contribution in [1.29, 1.82) is 0 Å². The third-order valence-electron chi connectivity index (χ3n) is 6.72. The first-order valence-electron chi connectivity index (χ1n) is 11.6. The van der Waals surface area contributed by atoms with Crippen LogP contribution in [-0.2, 0) is 11.2 Å². The number of aryl methyl sites for hydroxylation is 2. The molecule has 0 amide bonds. The van der Waals surface area contributed by atoms with Gasteiger partial charge in [0.15, 0.2) is 0 Å². The highest BCUT2D eigenvalue weighted by molar-refractivity contribution is 6.06. The lowest BCUT2D eigenvalue weighted by Gasteiger charge is -2.22. The molecule has 0 radical (unpaired) electrons. The number of fused-ring (bicyclic) bond motifs is 3. The lowest BCUT2D eigenvalue weighted by Crippen LogP contribution is -2.18. The second-order valence-electron chi connectivity index (χ2n) is 8.85. The molecule has 1 fully saturated rings. The molecule has 0 N–H and O–H groups in total. The number of benzene rings is 1. The largest absolute Gasteiger partial charge is 0.381 e. The number of hydrogen-bond donors (Lipinski definition) is 0. The van der Waals surface area contributed by atoms with Crippen molar-refractivity contribution in [3.8, 4) is 16.8 Å². The summed E-state index contributed by atoms with van der Waals surface area (Å²) < 4.78 is 13.4. The molecule has 5 aromatic rings. The molecular formula is C27H26N4O2. The van der Waals surface area contributed by atoms with Gasteiger partial charge in [-0.1, -0.05) is 23.4 Å². The van der Waals surface area contributed by atoms with Crippen molar-refractivity contribution in [3.05, 3.63) is 71.9 Å². The van der Waals surface area contributed by atoms with Crippen LogP contribution in [0, 0.1) is 19.8 Å². The Balaban J connectivity index is 1.66. The first kappa shape index (κ1) is 20.1. The fourth-order valence-corrected chi connectivity index (χ4v) is 5.09. The number of ether oxygens (including phenoxy) is 1. The normalized spacial score (nSPS) is 15.0. The monoisotopic (exact) mass is 438 g/mol. The first-order valence-corrected chi connectivity index (χ1v) is 11.6. The molecule has 5 heterocycles. The molecule has 0 spiro atoms. The van der Waals surface area contributed by atoms with Crippen molar-refractivity contribution >= 4 is 22.1 Å². The average Bonchev–Trinajstić information content (AvgIpc) is 3.35. The van der Waals surface area contributed by atoms with Gasteiger partial charge in [0.05, 0.1) is 16.7 Å². The molecule has 1 aromatic carbocycles. The Kier molecular flexibility index (Phi) is 4.95. The Morgan fingerprint density at radius 1 is 1.03 bits per heavy atom. The summed E-state index contributed by atoms with van der Waals surface area (Å²) in [5.41, 5.74) is 8.15. The zero-order valence-corrected chi connectivity index (χ0v) is 18.9. The van der Waals surface area contributed by atoms with E-state index in [1.54, 1.807) is 0 Å². The number of aromatic nitrogens is 4. The number of nitrogens with zero attached hydrogens (tertiary/aromatic N) is 4. The maximum absolute atomic E-state index is 5.60. The molecule has 33 heavy (non-hydrogen) atoms. The van der Waals surface area contributed by atoms with E-state index in [9.17, 15) is 0 Å². The summed E-state index contributed by atoms with van der Waals surface area (Å²) in [5.74, 6) is 1.38. The molecule has 6 rings (SSSR count). The second kappa shape index (κ2) is 8.12. The maximum atomic E-state index is 5.60. The van der Waals surface area contributed by atoms with Crippen molar-refractivity contribution < 1.29 is 9.26 Å². The summed E-state index contributed by atoms with van der Waals surface area (Å²) in [6.45, 7) is 5.63. The van der Waals surface area contributed by atoms with Crippen LogP contribution in [0.2, 0.25) is 0 Å². The van der Waals surface area contributed by atoms with Crippen molar-refractivity contribution in [2.75, 3.05) is 13.2 Å². The second-order valence-corrected chi connectivity index (χ2v) is 8.85. The van der Waals surface area contributed by atoms with Gasteiger partial charge in [0, 0.05) is 47.3 Å². The van der Waals surface area contributed by atoms with Gasteiger partial charge in [-0.25, -0.2) is 9.97 Å². The minimum atomic E-state index is 0.559. The van der Waals surface area contributed by atoms with Crippen LogP contribution in [0.15, 0.2) is 59.3 Å². The molecule has 6 nitrogen and oxygen atoms in total. The van der Waals surface area contributed by atoms with E-state index in [-0.39, 0.29) is 0 Å². The van der Waals surface area contributed by atoms with Gasteiger partial charge in [-0.05, 0) is 69.4 Å². The first-order chi connectivity index (χ1) is 16.2. The van der Waals surface area contributed by atoms with Crippen molar-refractivity contribution in [2.45, 2.75) is 33.1 Å². The average molecular weight is 439 g/mol. The molecule has 166 valence electrons. The Morgan fingerprint density at radius 2 is 1.85 bits per heavy atom. The quantitative estimate of drug-likeness (QED) is 0.354. The van der Waals surface area contributed by atoms with E-state index >= 15 is 0 Å². The smallest absolute Gasteiger partial charge is 0.147 e. The van der Waals surface area contributed by atoms with Crippen LogP contribution in [0.3, 0.4) is 0 Å². The van der Waals surface area contributed by atoms with E-state index in [2.05, 4.69) is 46.1 Å². The Hall–Kier alpha value is -3.51. The van der Waals surface area contributed by atoms with Gasteiger partial charge in [-0.2, -0.15) is 0 Å². The van der Waals surface area contributed by atoms with Crippen molar-refractivity contribution in [3.63, 3.8) is 0 Å². The molecule has 4 aromatic heterocycles. The minimum Gasteiger partial charge on any atom is -0.381 e. The molecule has 0 bridgehead atoms. The summed E-state index contributed by atoms with van der Waals surface area (Å²) in [4.78, 5) is 10.1. The summed E-state index contributed by atoms with van der Waals surface area (Å²) in [5, 5.41) is 5.31. The maximum Gasteiger partial charge on any atom is 0.147 e. The van der Waals surface area contributed by atoms with Crippen LogP contribution >= 0.6 is 0 Å². The number of rotatable bonds is 4. The summed E-state index contributed by atoms with van der Waals surface area (Å²) in [7, 11) is 0. The van der Waals surface area contributed by atoms with Gasteiger partial charge in [-0.3, -0.25) is 4.57 Å². The van der Waals surface area contributed by atoms with Crippen molar-refractivity contribution in [1.82, 2.24) is 19.7 Å². The van der Waals surface area contributed by atoms with Gasteiger partial charge in [-0.15, -0.1) is 0 Å². The molecule has 0 atom stereocenters. The van der Waals surface area contributed by atoms with Gasteiger partial charge >= 0.3 is 0 Å². The Morgan fingerprint density at radius 3 is 2.61 bits per heavy atom. The van der Waals surface area contributed by atoms with Gasteiger partial charge in [0.25, 0.3) is 0 Å². The zero-order chi connectivity index (χ0) is 22.4. The number of para-hydroxylation sites is 1. The van der Waals surface area contributed by atoms with Crippen LogP contribution < -0.4 is 0 Å². The van der Waals surface area contributed by atoms with E-state index in [1.165, 1.54) is 0 Å². The number of pyridine rings is 2. The van der Waals surface area contributed by atoms with Crippen LogP contribution in [-0.4, -0.2) is 32.9 Å². The predicted octanol–water partition coefficient (Wildman–Crippen LogP) is 5.81. The summed E-state index contributed by atoms with van der Waals surface area (Å²) in [6.07, 6.45) is 4.89. The van der Waals surface area contributed by atoms with Gasteiger partial charge in [0.2, 0.25) is 0 Å². The fourth-order valence-electron chi connectivity index (χ4n) is 5.09. The summed E-state index contributed by atoms with van der Waals surface area (Å²) in [6, 6.07) is 16.7. The van der Waals surface area contributed by atoms with Crippen LogP contribution in [0.1, 0.15) is 30.0 Å². The molecule has 0 unspecified atom stereocenters. The lowest BCUT2D eigenvalue weighted by atomic mass is 9.90. The Labute approximate surface area is 192 Å². The van der Waals surface area contributed by atoms with E-state index in [0.717, 1.165) is 88.5 Å². The highest BCUT2D eigenvalue weighted by Crippen LogP contribution is 2.37. The zero-order valence-electron chi connectivity index (χ0n) is 18.9. The van der Waals surface area contributed by atoms with Crippen LogP contribution in [0.4, 0.5) is 0 Å². The molecule has 0 aliphatic carbocycles. The lowest BCUT2D eigenvalue weighted by molar-refractivity contribution is 0.0663. The topological polar surface area (TPSA) is 66.0 Å². The SMILES string of the molecule is Cc1noc(C)c1-c1cc2c(nc1CC1CCOCC1)c1cccnc1n2-c1ccccc1. The molecular weight excluding hydrogens is 412 g/mol. The van der Waals surface area contributed by atoms with E-state index in [1.807, 2.05) is 32.2 Å². The number of hydrogen-bond acceptors (Lipinski definition) is 5. The van der Waals surface area contributed by atoms with E-state index < -0.39 is 0 Å². The molecule has 1 aliphatic heterocycles. The summed E-state index contributed by atoms with van der Waals surface area (Å²) >= 11 is 0. The van der Waals surface area contributed by atoms with Gasteiger partial charge < -0.3 is 9.26 Å². The Bertz CT molecular complexity index is 1430. The molecule has 0 saturated carbocycles. The highest BCUT2D eigenvalue weighted by Gasteiger charge is 2.24. The molecule has 1 saturated heterocycles. The van der Waals surface area contributed by atoms with Crippen LogP contribution in [0.5, 0.6) is 0 Å². The van der Waals surface area contributed by atoms with Crippen molar-refractivity contribution in [2.24, 2.45) is 5.92 Å². The third-order valence-corrected chi connectivity index (χ3v) is 6.72. The van der Waals surface area contributed by atoms with E-state index in [0.29, 0.717) is 5.92 Å². The highest BCUT2D eigenvalue weighted by atomic mass is 16.5. The van der Waals surface area contributed by atoms with Gasteiger partial charge in [0.1, 0.15) is 11.4 Å².